The van der Waals surface area contributed by atoms with E-state index in [0.717, 1.165) is 26.2 Å². The van der Waals surface area contributed by atoms with E-state index in [-0.39, 0.29) is 0 Å². The van der Waals surface area contributed by atoms with Gasteiger partial charge >= 0.3 is 0 Å². The van der Waals surface area contributed by atoms with Gasteiger partial charge in [0.1, 0.15) is 0 Å². The van der Waals surface area contributed by atoms with E-state index in [1.807, 2.05) is 0 Å². The smallest absolute Gasteiger partial charge is 0.0410 e. The third-order valence-electron chi connectivity index (χ3n) is 6.34. The van der Waals surface area contributed by atoms with Crippen LogP contribution in [0.4, 0.5) is 11.4 Å². The summed E-state index contributed by atoms with van der Waals surface area (Å²) in [5.74, 6) is 2.09. The molecule has 0 heterocycles. The maximum atomic E-state index is 3.77. The minimum Gasteiger partial charge on any atom is -0.383 e. The van der Waals surface area contributed by atoms with Crippen molar-refractivity contribution in [1.29, 1.82) is 0 Å². The molecule has 0 atom stereocenters. The summed E-state index contributed by atoms with van der Waals surface area (Å²) < 4.78 is 0. The van der Waals surface area contributed by atoms with Crippen LogP contribution in [-0.4, -0.2) is 38.1 Å². The zero-order chi connectivity index (χ0) is 23.8. The minimum atomic E-state index is 0.523. The number of benzene rings is 2. The first-order chi connectivity index (χ1) is 15.1. The van der Waals surface area contributed by atoms with Crippen LogP contribution >= 0.6 is 0 Å². The predicted molar refractivity (Wildman–Crippen MR) is 144 cm³/mol. The van der Waals surface area contributed by atoms with E-state index in [0.29, 0.717) is 23.7 Å². The molecule has 0 saturated heterocycles. The molecule has 0 aliphatic carbocycles. The van der Waals surface area contributed by atoms with E-state index >= 15 is 0 Å². The second kappa shape index (κ2) is 12.3. The van der Waals surface area contributed by atoms with Gasteiger partial charge in [-0.3, -0.25) is 0 Å². The molecule has 3 nitrogen and oxygen atoms in total. The van der Waals surface area contributed by atoms with Crippen molar-refractivity contribution in [2.24, 2.45) is 0 Å². The highest BCUT2D eigenvalue weighted by molar-refractivity contribution is 5.61. The normalized spacial score (nSPS) is 11.9. The number of likely N-dealkylation sites (N-methyl/N-ethyl adjacent to an activating group) is 1. The van der Waals surface area contributed by atoms with Crippen LogP contribution in [-0.2, 0) is 0 Å². The number of nitrogens with zero attached hydrogens (tertiary/aromatic N) is 1. The lowest BCUT2D eigenvalue weighted by molar-refractivity contribution is 0.360. The maximum Gasteiger partial charge on any atom is 0.0410 e. The maximum absolute atomic E-state index is 3.77. The molecule has 0 aliphatic heterocycles. The van der Waals surface area contributed by atoms with Gasteiger partial charge in [-0.15, -0.1) is 0 Å². The highest BCUT2D eigenvalue weighted by atomic mass is 15.1. The number of rotatable bonds is 12. The topological polar surface area (TPSA) is 27.3 Å². The molecule has 178 valence electrons. The van der Waals surface area contributed by atoms with Gasteiger partial charge in [0.2, 0.25) is 0 Å². The van der Waals surface area contributed by atoms with Gasteiger partial charge in [-0.05, 0) is 53.0 Å². The Labute approximate surface area is 198 Å². The average Bonchev–Trinajstić information content (AvgIpc) is 2.73. The largest absolute Gasteiger partial charge is 0.383 e. The van der Waals surface area contributed by atoms with Crippen molar-refractivity contribution in [2.45, 2.75) is 79.1 Å². The molecule has 0 fully saturated rings. The van der Waals surface area contributed by atoms with E-state index in [1.165, 1.54) is 33.6 Å². The lowest BCUT2D eigenvalue weighted by atomic mass is 9.92. The summed E-state index contributed by atoms with van der Waals surface area (Å²) >= 11 is 0. The number of anilines is 2. The van der Waals surface area contributed by atoms with Gasteiger partial charge in [-0.1, -0.05) is 91.8 Å². The van der Waals surface area contributed by atoms with Gasteiger partial charge in [0.15, 0.2) is 0 Å². The van der Waals surface area contributed by atoms with Crippen molar-refractivity contribution in [3.8, 4) is 0 Å². The first kappa shape index (κ1) is 26.3. The Morgan fingerprint density at radius 2 is 0.844 bits per heavy atom. The molecule has 0 bridgehead atoms. The summed E-state index contributed by atoms with van der Waals surface area (Å²) in [4.78, 5) is 2.42. The molecular weight excluding hydrogens is 390 g/mol. The molecule has 0 spiro atoms. The second-order valence-corrected chi connectivity index (χ2v) is 10.4. The summed E-state index contributed by atoms with van der Waals surface area (Å²) in [6, 6.07) is 13.5. The lowest BCUT2D eigenvalue weighted by Gasteiger charge is -2.24. The zero-order valence-corrected chi connectivity index (χ0v) is 22.0. The highest BCUT2D eigenvalue weighted by Crippen LogP contribution is 2.33. The Bertz CT molecular complexity index is 714. The molecule has 32 heavy (non-hydrogen) atoms. The molecule has 0 amide bonds. The molecule has 0 aliphatic rings. The number of para-hydroxylation sites is 2. The summed E-state index contributed by atoms with van der Waals surface area (Å²) in [5.41, 5.74) is 8.38. The Morgan fingerprint density at radius 3 is 1.09 bits per heavy atom. The standard InChI is InChI=1S/C29H47N3/c1-20(2)24-12-10-13-25(21(3)4)28(24)30-16-18-32(9)19-17-31-29-26(22(5)6)14-11-15-27(29)23(7)8/h10-15,20-23,30-31H,16-19H2,1-9H3. The summed E-state index contributed by atoms with van der Waals surface area (Å²) in [6.45, 7) is 22.2. The summed E-state index contributed by atoms with van der Waals surface area (Å²) in [7, 11) is 2.22. The Morgan fingerprint density at radius 1 is 0.562 bits per heavy atom. The van der Waals surface area contributed by atoms with Crippen molar-refractivity contribution in [3.05, 3.63) is 58.7 Å². The molecule has 0 radical (unpaired) electrons. The van der Waals surface area contributed by atoms with E-state index < -0.39 is 0 Å². The van der Waals surface area contributed by atoms with Gasteiger partial charge in [0.05, 0.1) is 0 Å². The second-order valence-electron chi connectivity index (χ2n) is 10.4. The fourth-order valence-corrected chi connectivity index (χ4v) is 4.37. The first-order valence-corrected chi connectivity index (χ1v) is 12.5. The van der Waals surface area contributed by atoms with E-state index in [4.69, 9.17) is 0 Å². The Balaban J connectivity index is 1.95. The van der Waals surface area contributed by atoms with Crippen molar-refractivity contribution < 1.29 is 0 Å². The van der Waals surface area contributed by atoms with Crippen LogP contribution in [0, 0.1) is 0 Å². The molecule has 0 saturated carbocycles. The Kier molecular flexibility index (Phi) is 10.1. The molecule has 2 rings (SSSR count). The third-order valence-corrected chi connectivity index (χ3v) is 6.34. The van der Waals surface area contributed by atoms with E-state index in [1.54, 1.807) is 0 Å². The van der Waals surface area contributed by atoms with Crippen LogP contribution in [0.1, 0.15) is 101 Å². The van der Waals surface area contributed by atoms with Gasteiger partial charge in [0, 0.05) is 37.6 Å². The van der Waals surface area contributed by atoms with Crippen molar-refractivity contribution in [1.82, 2.24) is 4.90 Å². The van der Waals surface area contributed by atoms with Gasteiger partial charge in [-0.25, -0.2) is 0 Å². The molecule has 0 aromatic heterocycles. The minimum absolute atomic E-state index is 0.523. The molecule has 3 heteroatoms. The number of hydrogen-bond acceptors (Lipinski definition) is 3. The van der Waals surface area contributed by atoms with E-state index in [9.17, 15) is 0 Å². The van der Waals surface area contributed by atoms with Gasteiger partial charge in [0.25, 0.3) is 0 Å². The predicted octanol–water partition coefficient (Wildman–Crippen LogP) is 7.64. The first-order valence-electron chi connectivity index (χ1n) is 12.5. The van der Waals surface area contributed by atoms with Crippen LogP contribution < -0.4 is 10.6 Å². The SMILES string of the molecule is CC(C)c1cccc(C(C)C)c1NCCN(C)CCNc1c(C(C)C)cccc1C(C)C. The Hall–Kier alpha value is -2.00. The third kappa shape index (κ3) is 7.00. The van der Waals surface area contributed by atoms with Gasteiger partial charge in [-0.2, -0.15) is 0 Å². The number of hydrogen-bond donors (Lipinski definition) is 2. The fraction of sp³-hybridized carbons (Fsp3) is 0.586. The van der Waals surface area contributed by atoms with Crippen molar-refractivity contribution in [2.75, 3.05) is 43.9 Å². The molecular formula is C29H47N3. The fourth-order valence-electron chi connectivity index (χ4n) is 4.37. The number of nitrogens with one attached hydrogen (secondary N) is 2. The monoisotopic (exact) mass is 437 g/mol. The molecule has 2 N–H and O–H groups in total. The summed E-state index contributed by atoms with van der Waals surface area (Å²) in [5, 5.41) is 7.54. The van der Waals surface area contributed by atoms with Crippen LogP contribution in [0.25, 0.3) is 0 Å². The van der Waals surface area contributed by atoms with Crippen LogP contribution in [0.5, 0.6) is 0 Å². The van der Waals surface area contributed by atoms with E-state index in [2.05, 4.69) is 114 Å². The quantitative estimate of drug-likeness (QED) is 0.357. The molecule has 2 aromatic carbocycles. The van der Waals surface area contributed by atoms with Crippen LogP contribution in [0.2, 0.25) is 0 Å². The average molecular weight is 438 g/mol. The molecule has 0 unspecified atom stereocenters. The molecule has 2 aromatic rings. The summed E-state index contributed by atoms with van der Waals surface area (Å²) in [6.07, 6.45) is 0. The van der Waals surface area contributed by atoms with Crippen LogP contribution in [0.15, 0.2) is 36.4 Å². The van der Waals surface area contributed by atoms with Crippen molar-refractivity contribution in [3.63, 3.8) is 0 Å². The highest BCUT2D eigenvalue weighted by Gasteiger charge is 2.15. The van der Waals surface area contributed by atoms with Gasteiger partial charge < -0.3 is 15.5 Å². The van der Waals surface area contributed by atoms with Crippen molar-refractivity contribution >= 4 is 11.4 Å². The zero-order valence-electron chi connectivity index (χ0n) is 22.0. The van der Waals surface area contributed by atoms with Crippen LogP contribution in [0.3, 0.4) is 0 Å². The lowest BCUT2D eigenvalue weighted by Crippen LogP contribution is -2.30.